The van der Waals surface area contributed by atoms with Crippen molar-refractivity contribution in [1.82, 2.24) is 0 Å². The Bertz CT molecular complexity index is 636. The van der Waals surface area contributed by atoms with Crippen LogP contribution in [0, 0.1) is 24.0 Å². The Morgan fingerprint density at radius 1 is 1.15 bits per heavy atom. The Morgan fingerprint density at radius 2 is 1.80 bits per heavy atom. The fraction of sp³-hybridized carbons (Fsp3) is 0.200. The summed E-state index contributed by atoms with van der Waals surface area (Å²) in [6.07, 6.45) is 0. The second kappa shape index (κ2) is 5.61. The first-order chi connectivity index (χ1) is 9.49. The summed E-state index contributed by atoms with van der Waals surface area (Å²) in [4.78, 5) is 10.2. The van der Waals surface area contributed by atoms with E-state index < -0.39 is 4.92 Å². The SMILES string of the molecule is Cc1ccc(NCc2ccc([N+](=O)[O-])cc2)c(C)c1O. The molecule has 0 aliphatic carbocycles. The molecular weight excluding hydrogens is 256 g/mol. The van der Waals surface area contributed by atoms with Crippen LogP contribution in [-0.4, -0.2) is 10.0 Å². The molecule has 0 aromatic heterocycles. The summed E-state index contributed by atoms with van der Waals surface area (Å²) >= 11 is 0. The number of hydrogen-bond donors (Lipinski definition) is 2. The smallest absolute Gasteiger partial charge is 0.269 e. The molecule has 2 rings (SSSR count). The lowest BCUT2D eigenvalue weighted by Crippen LogP contribution is -2.01. The van der Waals surface area contributed by atoms with Gasteiger partial charge >= 0.3 is 0 Å². The van der Waals surface area contributed by atoms with Crippen molar-refractivity contribution in [3.63, 3.8) is 0 Å². The van der Waals surface area contributed by atoms with Gasteiger partial charge in [0.1, 0.15) is 5.75 Å². The highest BCUT2D eigenvalue weighted by Crippen LogP contribution is 2.28. The van der Waals surface area contributed by atoms with Gasteiger partial charge < -0.3 is 10.4 Å². The van der Waals surface area contributed by atoms with Crippen molar-refractivity contribution in [2.24, 2.45) is 0 Å². The fourth-order valence-corrected chi connectivity index (χ4v) is 1.96. The molecule has 104 valence electrons. The number of nitro benzene ring substituents is 1. The normalized spacial score (nSPS) is 10.3. The van der Waals surface area contributed by atoms with E-state index in [2.05, 4.69) is 5.32 Å². The predicted molar refractivity (Wildman–Crippen MR) is 78.0 cm³/mol. The van der Waals surface area contributed by atoms with Crippen molar-refractivity contribution in [2.75, 3.05) is 5.32 Å². The summed E-state index contributed by atoms with van der Waals surface area (Å²) in [5, 5.41) is 23.7. The van der Waals surface area contributed by atoms with Crippen LogP contribution in [0.15, 0.2) is 36.4 Å². The first-order valence-corrected chi connectivity index (χ1v) is 6.25. The molecule has 2 aromatic rings. The maximum Gasteiger partial charge on any atom is 0.269 e. The van der Waals surface area contributed by atoms with Crippen LogP contribution in [0.4, 0.5) is 11.4 Å². The summed E-state index contributed by atoms with van der Waals surface area (Å²) < 4.78 is 0. The Hall–Kier alpha value is -2.56. The number of hydrogen-bond acceptors (Lipinski definition) is 4. The number of phenolic OH excluding ortho intramolecular Hbond substituents is 1. The second-order valence-electron chi connectivity index (χ2n) is 4.68. The minimum Gasteiger partial charge on any atom is -0.507 e. The molecule has 0 radical (unpaired) electrons. The van der Waals surface area contributed by atoms with Gasteiger partial charge in [0, 0.05) is 29.9 Å². The van der Waals surface area contributed by atoms with E-state index >= 15 is 0 Å². The number of aromatic hydroxyl groups is 1. The first kappa shape index (κ1) is 13.9. The molecule has 20 heavy (non-hydrogen) atoms. The summed E-state index contributed by atoms with van der Waals surface area (Å²) in [6.45, 7) is 4.24. The lowest BCUT2D eigenvalue weighted by atomic mass is 10.1. The van der Waals surface area contributed by atoms with E-state index in [0.717, 1.165) is 22.4 Å². The van der Waals surface area contributed by atoms with Crippen LogP contribution >= 0.6 is 0 Å². The van der Waals surface area contributed by atoms with E-state index in [-0.39, 0.29) is 5.69 Å². The van der Waals surface area contributed by atoms with Gasteiger partial charge in [-0.15, -0.1) is 0 Å². The van der Waals surface area contributed by atoms with Gasteiger partial charge in [-0.2, -0.15) is 0 Å². The van der Waals surface area contributed by atoms with Gasteiger partial charge in [-0.05, 0) is 31.0 Å². The standard InChI is InChI=1S/C15H16N2O3/c1-10-3-8-14(11(2)15(10)18)16-9-12-4-6-13(7-5-12)17(19)20/h3-8,16,18H,9H2,1-2H3. The minimum absolute atomic E-state index is 0.0814. The number of aryl methyl sites for hydroxylation is 1. The Balaban J connectivity index is 2.09. The van der Waals surface area contributed by atoms with Gasteiger partial charge in [-0.3, -0.25) is 10.1 Å². The van der Waals surface area contributed by atoms with E-state index in [1.807, 2.05) is 26.0 Å². The van der Waals surface area contributed by atoms with E-state index in [1.54, 1.807) is 12.1 Å². The summed E-state index contributed by atoms with van der Waals surface area (Å²) in [7, 11) is 0. The van der Waals surface area contributed by atoms with Crippen molar-refractivity contribution in [1.29, 1.82) is 0 Å². The molecule has 5 nitrogen and oxygen atoms in total. The number of nitrogens with zero attached hydrogens (tertiary/aromatic N) is 1. The van der Waals surface area contributed by atoms with Crippen LogP contribution in [0.2, 0.25) is 0 Å². The zero-order chi connectivity index (χ0) is 14.7. The van der Waals surface area contributed by atoms with Gasteiger partial charge in [-0.1, -0.05) is 18.2 Å². The van der Waals surface area contributed by atoms with Crippen LogP contribution in [0.5, 0.6) is 5.75 Å². The van der Waals surface area contributed by atoms with Gasteiger partial charge in [0.25, 0.3) is 5.69 Å². The summed E-state index contributed by atoms with van der Waals surface area (Å²) in [6, 6.07) is 10.2. The molecule has 0 heterocycles. The van der Waals surface area contributed by atoms with E-state index in [1.165, 1.54) is 12.1 Å². The highest BCUT2D eigenvalue weighted by molar-refractivity contribution is 5.59. The van der Waals surface area contributed by atoms with Gasteiger partial charge in [0.15, 0.2) is 0 Å². The molecule has 0 saturated heterocycles. The topological polar surface area (TPSA) is 75.4 Å². The number of anilines is 1. The average molecular weight is 272 g/mol. The first-order valence-electron chi connectivity index (χ1n) is 6.25. The molecule has 0 bridgehead atoms. The van der Waals surface area contributed by atoms with E-state index in [4.69, 9.17) is 0 Å². The number of nitrogens with one attached hydrogen (secondary N) is 1. The van der Waals surface area contributed by atoms with Crippen LogP contribution in [0.1, 0.15) is 16.7 Å². The highest BCUT2D eigenvalue weighted by Gasteiger charge is 2.07. The van der Waals surface area contributed by atoms with Crippen LogP contribution in [-0.2, 0) is 6.54 Å². The van der Waals surface area contributed by atoms with Gasteiger partial charge in [-0.25, -0.2) is 0 Å². The molecule has 2 N–H and O–H groups in total. The average Bonchev–Trinajstić information content (AvgIpc) is 2.44. The van der Waals surface area contributed by atoms with Gasteiger partial charge in [0.2, 0.25) is 0 Å². The van der Waals surface area contributed by atoms with Crippen LogP contribution in [0.3, 0.4) is 0 Å². The second-order valence-corrected chi connectivity index (χ2v) is 4.68. The van der Waals surface area contributed by atoms with Crippen molar-refractivity contribution >= 4 is 11.4 Å². The van der Waals surface area contributed by atoms with Crippen LogP contribution < -0.4 is 5.32 Å². The highest BCUT2D eigenvalue weighted by atomic mass is 16.6. The summed E-state index contributed by atoms with van der Waals surface area (Å²) in [5.41, 5.74) is 3.51. The third-order valence-corrected chi connectivity index (χ3v) is 3.26. The monoisotopic (exact) mass is 272 g/mol. The third kappa shape index (κ3) is 2.88. The molecule has 0 amide bonds. The number of phenols is 1. The van der Waals surface area contributed by atoms with E-state index in [9.17, 15) is 15.2 Å². The van der Waals surface area contributed by atoms with Crippen molar-refractivity contribution in [3.05, 3.63) is 63.2 Å². The number of rotatable bonds is 4. The van der Waals surface area contributed by atoms with Crippen molar-refractivity contribution in [2.45, 2.75) is 20.4 Å². The maximum atomic E-state index is 10.6. The number of benzene rings is 2. The van der Waals surface area contributed by atoms with Gasteiger partial charge in [0.05, 0.1) is 4.92 Å². The Labute approximate surface area is 117 Å². The Kier molecular flexibility index (Phi) is 3.89. The molecule has 0 aliphatic heterocycles. The molecule has 2 aromatic carbocycles. The fourth-order valence-electron chi connectivity index (χ4n) is 1.96. The summed E-state index contributed by atoms with van der Waals surface area (Å²) in [5.74, 6) is 0.290. The Morgan fingerprint density at radius 3 is 2.40 bits per heavy atom. The minimum atomic E-state index is -0.417. The lowest BCUT2D eigenvalue weighted by Gasteiger charge is -2.12. The molecule has 0 spiro atoms. The van der Waals surface area contributed by atoms with Crippen molar-refractivity contribution < 1.29 is 10.0 Å². The quantitative estimate of drug-likeness (QED) is 0.659. The van der Waals surface area contributed by atoms with E-state index in [0.29, 0.717) is 12.3 Å². The number of non-ortho nitro benzene ring substituents is 1. The van der Waals surface area contributed by atoms with Crippen molar-refractivity contribution in [3.8, 4) is 5.75 Å². The predicted octanol–water partition coefficient (Wildman–Crippen LogP) is 3.53. The largest absolute Gasteiger partial charge is 0.507 e. The number of nitro groups is 1. The molecule has 0 saturated carbocycles. The molecule has 0 fully saturated rings. The maximum absolute atomic E-state index is 10.6. The lowest BCUT2D eigenvalue weighted by molar-refractivity contribution is -0.384. The third-order valence-electron chi connectivity index (χ3n) is 3.26. The van der Waals surface area contributed by atoms with Crippen LogP contribution in [0.25, 0.3) is 0 Å². The zero-order valence-electron chi connectivity index (χ0n) is 11.4. The molecule has 0 aliphatic rings. The molecule has 5 heteroatoms. The molecule has 0 unspecified atom stereocenters. The molecular formula is C15H16N2O3. The molecule has 0 atom stereocenters. The zero-order valence-corrected chi connectivity index (χ0v) is 11.4.